The first-order valence-corrected chi connectivity index (χ1v) is 10.8. The van der Waals surface area contributed by atoms with Crippen LogP contribution in [0.15, 0.2) is 34.0 Å². The number of hydrogen-bond donors (Lipinski definition) is 1. The SMILES string of the molecule is C=C/C(N=C(N)C1CCCCCCC1)=C(/C)N=C(C)C1CCCCCC1. The van der Waals surface area contributed by atoms with Crippen molar-refractivity contribution < 1.29 is 0 Å². The molecule has 0 bridgehead atoms. The Balaban J connectivity index is 2.11. The maximum absolute atomic E-state index is 6.40. The molecule has 0 unspecified atom stereocenters. The molecule has 3 nitrogen and oxygen atoms in total. The van der Waals surface area contributed by atoms with Gasteiger partial charge in [-0.05, 0) is 51.5 Å². The standard InChI is InChI=1S/C23H39N3/c1-4-22(26-23(24)21-16-12-6-5-7-13-17-21)19(3)25-18(2)20-14-10-8-9-11-15-20/h4,20-21H,1,5-17H2,2-3H3,(H2,24,26)/b22-19+,25-18?. The predicted octanol–water partition coefficient (Wildman–Crippen LogP) is 6.55. The van der Waals surface area contributed by atoms with Gasteiger partial charge >= 0.3 is 0 Å². The molecule has 0 spiro atoms. The lowest BCUT2D eigenvalue weighted by atomic mass is 9.90. The van der Waals surface area contributed by atoms with Crippen molar-refractivity contribution >= 4 is 11.5 Å². The van der Waals surface area contributed by atoms with Gasteiger partial charge in [0.15, 0.2) is 0 Å². The Labute approximate surface area is 161 Å². The van der Waals surface area contributed by atoms with E-state index in [1.165, 1.54) is 89.2 Å². The minimum absolute atomic E-state index is 0.421. The van der Waals surface area contributed by atoms with Crippen LogP contribution in [0.2, 0.25) is 0 Å². The largest absolute Gasteiger partial charge is 0.387 e. The van der Waals surface area contributed by atoms with Gasteiger partial charge < -0.3 is 5.73 Å². The van der Waals surface area contributed by atoms with E-state index in [4.69, 9.17) is 15.7 Å². The summed E-state index contributed by atoms with van der Waals surface area (Å²) in [5.41, 5.74) is 9.45. The Morgan fingerprint density at radius 3 is 1.73 bits per heavy atom. The van der Waals surface area contributed by atoms with Crippen molar-refractivity contribution in [1.82, 2.24) is 0 Å². The van der Waals surface area contributed by atoms with Crippen molar-refractivity contribution in [2.24, 2.45) is 27.6 Å². The molecule has 2 N–H and O–H groups in total. The maximum atomic E-state index is 6.40. The molecule has 2 saturated carbocycles. The summed E-state index contributed by atoms with van der Waals surface area (Å²) in [6.45, 7) is 8.19. The molecule has 2 aliphatic rings. The summed E-state index contributed by atoms with van der Waals surface area (Å²) in [7, 11) is 0. The zero-order valence-corrected chi connectivity index (χ0v) is 17.1. The van der Waals surface area contributed by atoms with Gasteiger partial charge in [0, 0.05) is 11.6 Å². The highest BCUT2D eigenvalue weighted by Crippen LogP contribution is 2.26. The molecule has 0 amide bonds. The van der Waals surface area contributed by atoms with Crippen molar-refractivity contribution in [3.63, 3.8) is 0 Å². The molecule has 2 fully saturated rings. The zero-order valence-electron chi connectivity index (χ0n) is 17.1. The summed E-state index contributed by atoms with van der Waals surface area (Å²) in [6, 6.07) is 0. The van der Waals surface area contributed by atoms with Crippen LogP contribution in [0.5, 0.6) is 0 Å². The molecule has 2 rings (SSSR count). The van der Waals surface area contributed by atoms with E-state index in [9.17, 15) is 0 Å². The third kappa shape index (κ3) is 6.74. The van der Waals surface area contributed by atoms with E-state index in [-0.39, 0.29) is 0 Å². The van der Waals surface area contributed by atoms with Gasteiger partial charge in [-0.3, -0.25) is 4.99 Å². The predicted molar refractivity (Wildman–Crippen MR) is 115 cm³/mol. The molecule has 2 aliphatic carbocycles. The van der Waals surface area contributed by atoms with E-state index in [2.05, 4.69) is 13.5 Å². The van der Waals surface area contributed by atoms with Gasteiger partial charge in [-0.25, -0.2) is 4.99 Å². The quantitative estimate of drug-likeness (QED) is 0.258. The molecule has 146 valence electrons. The summed E-state index contributed by atoms with van der Waals surface area (Å²) >= 11 is 0. The normalized spacial score (nSPS) is 23.6. The van der Waals surface area contributed by atoms with Crippen molar-refractivity contribution in [2.75, 3.05) is 0 Å². The number of nitrogens with two attached hydrogens (primary N) is 1. The molecular formula is C23H39N3. The van der Waals surface area contributed by atoms with Gasteiger partial charge in [-0.2, -0.15) is 0 Å². The Morgan fingerprint density at radius 1 is 0.769 bits per heavy atom. The second-order valence-corrected chi connectivity index (χ2v) is 8.20. The Kier molecular flexibility index (Phi) is 9.14. The van der Waals surface area contributed by atoms with Crippen LogP contribution in [0.25, 0.3) is 0 Å². The van der Waals surface area contributed by atoms with Crippen LogP contribution in [0.3, 0.4) is 0 Å². The van der Waals surface area contributed by atoms with Gasteiger partial charge in [0.2, 0.25) is 0 Å². The summed E-state index contributed by atoms with van der Waals surface area (Å²) in [6.07, 6.45) is 18.7. The Hall–Kier alpha value is -1.38. The van der Waals surface area contributed by atoms with Gasteiger partial charge in [0.1, 0.15) is 5.84 Å². The van der Waals surface area contributed by atoms with Crippen LogP contribution in [0.4, 0.5) is 0 Å². The third-order valence-corrected chi connectivity index (χ3v) is 6.13. The van der Waals surface area contributed by atoms with E-state index in [1.54, 1.807) is 0 Å². The van der Waals surface area contributed by atoms with Crippen LogP contribution in [-0.4, -0.2) is 11.5 Å². The fourth-order valence-corrected chi connectivity index (χ4v) is 4.37. The summed E-state index contributed by atoms with van der Waals surface area (Å²) < 4.78 is 0. The fourth-order valence-electron chi connectivity index (χ4n) is 4.37. The number of rotatable bonds is 5. The van der Waals surface area contributed by atoms with Crippen LogP contribution in [-0.2, 0) is 0 Å². The van der Waals surface area contributed by atoms with E-state index in [1.807, 2.05) is 13.0 Å². The molecule has 0 aromatic heterocycles. The monoisotopic (exact) mass is 357 g/mol. The lowest BCUT2D eigenvalue weighted by Gasteiger charge is -2.19. The number of nitrogens with zero attached hydrogens (tertiary/aromatic N) is 2. The van der Waals surface area contributed by atoms with E-state index < -0.39 is 0 Å². The third-order valence-electron chi connectivity index (χ3n) is 6.13. The molecule has 0 saturated heterocycles. The maximum Gasteiger partial charge on any atom is 0.103 e. The minimum atomic E-state index is 0.421. The number of hydrogen-bond acceptors (Lipinski definition) is 2. The highest BCUT2D eigenvalue weighted by Gasteiger charge is 2.17. The molecule has 0 aliphatic heterocycles. The topological polar surface area (TPSA) is 50.7 Å². The van der Waals surface area contributed by atoms with Crippen LogP contribution >= 0.6 is 0 Å². The average molecular weight is 358 g/mol. The first-order chi connectivity index (χ1) is 12.6. The highest BCUT2D eigenvalue weighted by atomic mass is 14.9. The van der Waals surface area contributed by atoms with Gasteiger partial charge in [0.25, 0.3) is 0 Å². The first kappa shape index (κ1) is 20.9. The van der Waals surface area contributed by atoms with E-state index in [0.717, 1.165) is 17.2 Å². The van der Waals surface area contributed by atoms with Crippen LogP contribution < -0.4 is 5.73 Å². The summed E-state index contributed by atoms with van der Waals surface area (Å²) in [4.78, 5) is 9.66. The fraction of sp³-hybridized carbons (Fsp3) is 0.739. The molecule has 0 atom stereocenters. The zero-order chi connectivity index (χ0) is 18.8. The molecule has 0 aromatic carbocycles. The van der Waals surface area contributed by atoms with E-state index in [0.29, 0.717) is 11.8 Å². The molecule has 26 heavy (non-hydrogen) atoms. The lowest BCUT2D eigenvalue weighted by Crippen LogP contribution is -2.24. The van der Waals surface area contributed by atoms with Gasteiger partial charge in [-0.15, -0.1) is 0 Å². The molecule has 3 heteroatoms. The molecular weight excluding hydrogens is 318 g/mol. The summed E-state index contributed by atoms with van der Waals surface area (Å²) in [5, 5.41) is 0. The average Bonchev–Trinajstić information content (AvgIpc) is 2.88. The second kappa shape index (κ2) is 11.4. The Bertz CT molecular complexity index is 526. The minimum Gasteiger partial charge on any atom is -0.387 e. The number of allylic oxidation sites excluding steroid dienone is 2. The lowest BCUT2D eigenvalue weighted by molar-refractivity contribution is 0.450. The van der Waals surface area contributed by atoms with Crippen molar-refractivity contribution in [2.45, 2.75) is 97.3 Å². The number of amidine groups is 1. The van der Waals surface area contributed by atoms with Gasteiger partial charge in [0.05, 0.1) is 11.4 Å². The second-order valence-electron chi connectivity index (χ2n) is 8.20. The molecule has 0 aromatic rings. The molecule has 0 radical (unpaired) electrons. The van der Waals surface area contributed by atoms with Crippen molar-refractivity contribution in [1.29, 1.82) is 0 Å². The summed E-state index contributed by atoms with van der Waals surface area (Å²) in [5.74, 6) is 1.83. The smallest absolute Gasteiger partial charge is 0.103 e. The van der Waals surface area contributed by atoms with Crippen molar-refractivity contribution in [3.05, 3.63) is 24.0 Å². The highest BCUT2D eigenvalue weighted by molar-refractivity contribution is 5.86. The van der Waals surface area contributed by atoms with Crippen LogP contribution in [0.1, 0.15) is 97.3 Å². The molecule has 0 heterocycles. The van der Waals surface area contributed by atoms with E-state index >= 15 is 0 Å². The first-order valence-electron chi connectivity index (χ1n) is 10.8. The van der Waals surface area contributed by atoms with Gasteiger partial charge in [-0.1, -0.05) is 64.4 Å². The van der Waals surface area contributed by atoms with Crippen molar-refractivity contribution in [3.8, 4) is 0 Å². The number of aliphatic imine (C=N–C) groups is 2. The van der Waals surface area contributed by atoms with Crippen LogP contribution in [0, 0.1) is 11.8 Å². The Morgan fingerprint density at radius 2 is 1.23 bits per heavy atom.